The van der Waals surface area contributed by atoms with Crippen LogP contribution in [0.15, 0.2) is 24.3 Å². The number of nitrogens with zero attached hydrogens (tertiary/aromatic N) is 3. The smallest absolute Gasteiger partial charge is 0.242 e. The zero-order chi connectivity index (χ0) is 18.0. The van der Waals surface area contributed by atoms with E-state index in [-0.39, 0.29) is 49.0 Å². The molecule has 0 N–H and O–H groups in total. The number of benzene rings is 1. The Morgan fingerprint density at radius 3 is 2.28 bits per heavy atom. The number of amides is 3. The second-order valence-corrected chi connectivity index (χ2v) is 6.49. The third kappa shape index (κ3) is 3.71. The SMILES string of the molecule is CC(c1ccccc1F)N1CCN(C(=O)CN2C(=O)CCC2=O)CC1. The number of carbonyl (C=O) groups excluding carboxylic acids is 3. The highest BCUT2D eigenvalue weighted by molar-refractivity contribution is 6.04. The van der Waals surface area contributed by atoms with Crippen LogP contribution in [-0.4, -0.2) is 65.1 Å². The Kier molecular flexibility index (Phi) is 5.13. The zero-order valence-electron chi connectivity index (χ0n) is 14.3. The number of hydrogen-bond donors (Lipinski definition) is 0. The number of halogens is 1. The first-order chi connectivity index (χ1) is 12.0. The number of piperazine rings is 1. The molecule has 2 saturated heterocycles. The van der Waals surface area contributed by atoms with E-state index in [2.05, 4.69) is 4.90 Å². The van der Waals surface area contributed by atoms with E-state index in [0.717, 1.165) is 4.90 Å². The van der Waals surface area contributed by atoms with Gasteiger partial charge in [0.2, 0.25) is 17.7 Å². The number of hydrogen-bond acceptors (Lipinski definition) is 4. The predicted octanol–water partition coefficient (Wildman–Crippen LogP) is 1.18. The van der Waals surface area contributed by atoms with Crippen LogP contribution in [0.1, 0.15) is 31.4 Å². The summed E-state index contributed by atoms with van der Waals surface area (Å²) in [5.41, 5.74) is 0.649. The molecule has 2 heterocycles. The van der Waals surface area contributed by atoms with Crippen LogP contribution in [0.2, 0.25) is 0 Å². The van der Waals surface area contributed by atoms with Crippen LogP contribution < -0.4 is 0 Å². The Morgan fingerprint density at radius 1 is 1.08 bits per heavy atom. The normalized spacial score (nSPS) is 20.2. The molecule has 0 radical (unpaired) electrons. The van der Waals surface area contributed by atoms with E-state index in [4.69, 9.17) is 0 Å². The number of carbonyl (C=O) groups is 3. The fourth-order valence-electron chi connectivity index (χ4n) is 3.40. The standard InChI is InChI=1S/C18H22FN3O3/c1-13(14-4-2-3-5-15(14)19)20-8-10-21(11-9-20)18(25)12-22-16(23)6-7-17(22)24/h2-5,13H,6-12H2,1H3. The van der Waals surface area contributed by atoms with Crippen molar-refractivity contribution in [3.8, 4) is 0 Å². The minimum Gasteiger partial charge on any atom is -0.339 e. The molecule has 0 bridgehead atoms. The van der Waals surface area contributed by atoms with Gasteiger partial charge in [-0.25, -0.2) is 4.39 Å². The lowest BCUT2D eigenvalue weighted by Crippen LogP contribution is -2.52. The molecule has 0 spiro atoms. The Hall–Kier alpha value is -2.28. The molecule has 2 fully saturated rings. The van der Waals surface area contributed by atoms with E-state index in [1.165, 1.54) is 6.07 Å². The summed E-state index contributed by atoms with van der Waals surface area (Å²) in [7, 11) is 0. The molecule has 3 rings (SSSR count). The Balaban J connectivity index is 1.55. The lowest BCUT2D eigenvalue weighted by atomic mass is 10.1. The van der Waals surface area contributed by atoms with Crippen molar-refractivity contribution >= 4 is 17.7 Å². The fraction of sp³-hybridized carbons (Fsp3) is 0.500. The lowest BCUT2D eigenvalue weighted by Gasteiger charge is -2.38. The van der Waals surface area contributed by atoms with Gasteiger partial charge in [0.25, 0.3) is 0 Å². The van der Waals surface area contributed by atoms with Gasteiger partial charge in [0, 0.05) is 50.6 Å². The van der Waals surface area contributed by atoms with Crippen LogP contribution in [0.25, 0.3) is 0 Å². The molecule has 2 aliphatic rings. The third-order valence-electron chi connectivity index (χ3n) is 5.02. The average molecular weight is 347 g/mol. The molecule has 1 atom stereocenters. The molecule has 6 nitrogen and oxygen atoms in total. The van der Waals surface area contributed by atoms with Crippen molar-refractivity contribution in [2.24, 2.45) is 0 Å². The predicted molar refractivity (Wildman–Crippen MR) is 88.9 cm³/mol. The van der Waals surface area contributed by atoms with Crippen LogP contribution >= 0.6 is 0 Å². The molecule has 7 heteroatoms. The molecule has 3 amide bonds. The fourth-order valence-corrected chi connectivity index (χ4v) is 3.40. The Bertz CT molecular complexity index is 670. The second kappa shape index (κ2) is 7.31. The van der Waals surface area contributed by atoms with Gasteiger partial charge < -0.3 is 4.90 Å². The van der Waals surface area contributed by atoms with E-state index in [9.17, 15) is 18.8 Å². The second-order valence-electron chi connectivity index (χ2n) is 6.49. The van der Waals surface area contributed by atoms with E-state index in [0.29, 0.717) is 31.7 Å². The van der Waals surface area contributed by atoms with Gasteiger partial charge >= 0.3 is 0 Å². The number of rotatable bonds is 4. The number of imide groups is 1. The maximum Gasteiger partial charge on any atom is 0.242 e. The van der Waals surface area contributed by atoms with Crippen LogP contribution in [0, 0.1) is 5.82 Å². The molecule has 0 saturated carbocycles. The van der Waals surface area contributed by atoms with E-state index in [1.807, 2.05) is 13.0 Å². The average Bonchev–Trinajstić information content (AvgIpc) is 2.93. The van der Waals surface area contributed by atoms with Gasteiger partial charge in [-0.05, 0) is 13.0 Å². The summed E-state index contributed by atoms with van der Waals surface area (Å²) in [6.07, 6.45) is 0.389. The Morgan fingerprint density at radius 2 is 1.68 bits per heavy atom. The van der Waals surface area contributed by atoms with Crippen LogP contribution in [0.5, 0.6) is 0 Å². The molecule has 25 heavy (non-hydrogen) atoms. The highest BCUT2D eigenvalue weighted by Gasteiger charge is 2.33. The molecular weight excluding hydrogens is 325 g/mol. The number of likely N-dealkylation sites (tertiary alicyclic amines) is 1. The first-order valence-electron chi connectivity index (χ1n) is 8.57. The summed E-state index contributed by atoms with van der Waals surface area (Å²) in [5, 5.41) is 0. The summed E-state index contributed by atoms with van der Waals surface area (Å²) in [6.45, 7) is 4.06. The summed E-state index contributed by atoms with van der Waals surface area (Å²) < 4.78 is 13.9. The van der Waals surface area contributed by atoms with Gasteiger partial charge in [-0.3, -0.25) is 24.2 Å². The topological polar surface area (TPSA) is 60.9 Å². The van der Waals surface area contributed by atoms with Crippen molar-refractivity contribution in [3.05, 3.63) is 35.6 Å². The van der Waals surface area contributed by atoms with E-state index in [1.54, 1.807) is 17.0 Å². The lowest BCUT2D eigenvalue weighted by molar-refractivity contribution is -0.146. The molecule has 0 aromatic heterocycles. The van der Waals surface area contributed by atoms with Gasteiger partial charge in [-0.2, -0.15) is 0 Å². The van der Waals surface area contributed by atoms with Gasteiger partial charge in [0.05, 0.1) is 0 Å². The van der Waals surface area contributed by atoms with Gasteiger partial charge in [0.15, 0.2) is 0 Å². The minimum atomic E-state index is -0.273. The molecule has 1 unspecified atom stereocenters. The van der Waals surface area contributed by atoms with E-state index >= 15 is 0 Å². The maximum atomic E-state index is 13.9. The molecular formula is C18H22FN3O3. The van der Waals surface area contributed by atoms with Crippen molar-refractivity contribution in [2.45, 2.75) is 25.8 Å². The van der Waals surface area contributed by atoms with Crippen molar-refractivity contribution in [1.29, 1.82) is 0 Å². The van der Waals surface area contributed by atoms with Crippen LogP contribution in [-0.2, 0) is 14.4 Å². The first kappa shape index (κ1) is 17.5. The largest absolute Gasteiger partial charge is 0.339 e. The van der Waals surface area contributed by atoms with E-state index < -0.39 is 0 Å². The van der Waals surface area contributed by atoms with Crippen LogP contribution in [0.3, 0.4) is 0 Å². The molecule has 1 aromatic rings. The first-order valence-corrected chi connectivity index (χ1v) is 8.57. The summed E-state index contributed by atoms with van der Waals surface area (Å²) in [4.78, 5) is 40.5. The van der Waals surface area contributed by atoms with Crippen molar-refractivity contribution in [1.82, 2.24) is 14.7 Å². The maximum absolute atomic E-state index is 13.9. The summed E-state index contributed by atoms with van der Waals surface area (Å²) in [6, 6.07) is 6.65. The van der Waals surface area contributed by atoms with Crippen molar-refractivity contribution < 1.29 is 18.8 Å². The zero-order valence-corrected chi connectivity index (χ0v) is 14.3. The highest BCUT2D eigenvalue weighted by Crippen LogP contribution is 2.24. The summed E-state index contributed by atoms with van der Waals surface area (Å²) >= 11 is 0. The Labute approximate surface area is 146 Å². The quantitative estimate of drug-likeness (QED) is 0.768. The molecule has 1 aromatic carbocycles. The summed E-state index contributed by atoms with van der Waals surface area (Å²) in [5.74, 6) is -0.975. The van der Waals surface area contributed by atoms with Crippen LogP contribution in [0.4, 0.5) is 4.39 Å². The van der Waals surface area contributed by atoms with Gasteiger partial charge in [-0.15, -0.1) is 0 Å². The monoisotopic (exact) mass is 347 g/mol. The van der Waals surface area contributed by atoms with Gasteiger partial charge in [0.1, 0.15) is 12.4 Å². The highest BCUT2D eigenvalue weighted by atomic mass is 19.1. The molecule has 0 aliphatic carbocycles. The van der Waals surface area contributed by atoms with Crippen molar-refractivity contribution in [3.63, 3.8) is 0 Å². The molecule has 134 valence electrons. The molecule has 2 aliphatic heterocycles. The third-order valence-corrected chi connectivity index (χ3v) is 5.02. The van der Waals surface area contributed by atoms with Crippen molar-refractivity contribution in [2.75, 3.05) is 32.7 Å². The minimum absolute atomic E-state index is 0.0693. The van der Waals surface area contributed by atoms with Gasteiger partial charge in [-0.1, -0.05) is 18.2 Å².